The zero-order valence-electron chi connectivity index (χ0n) is 11.6. The van der Waals surface area contributed by atoms with Crippen LogP contribution in [0, 0.1) is 11.5 Å². The first-order valence-electron chi connectivity index (χ1n) is 6.23. The fourth-order valence-corrected chi connectivity index (χ4v) is 3.65. The van der Waals surface area contributed by atoms with Gasteiger partial charge in [0.05, 0.1) is 15.0 Å². The molecule has 2 unspecified atom stereocenters. The molecule has 0 bridgehead atoms. The first-order valence-corrected chi connectivity index (χ1v) is 8.97. The van der Waals surface area contributed by atoms with E-state index in [2.05, 4.69) is 14.3 Å². The smallest absolute Gasteiger partial charge is 0.214 e. The van der Waals surface area contributed by atoms with E-state index < -0.39 is 15.0 Å². The van der Waals surface area contributed by atoms with Crippen LogP contribution >= 0.6 is 23.2 Å². The number of aromatic nitrogens is 2. The number of nitriles is 1. The second-order valence-corrected chi connectivity index (χ2v) is 7.90. The van der Waals surface area contributed by atoms with Gasteiger partial charge in [0.2, 0.25) is 6.19 Å². The fraction of sp³-hybridized carbons (Fsp3) is 0.214. The van der Waals surface area contributed by atoms with Crippen LogP contribution < -0.4 is 0 Å². The summed E-state index contributed by atoms with van der Waals surface area (Å²) in [6.07, 6.45) is 6.64. The van der Waals surface area contributed by atoms with E-state index in [1.165, 1.54) is 6.26 Å². The van der Waals surface area contributed by atoms with Crippen molar-refractivity contribution in [3.8, 4) is 6.19 Å². The predicted octanol–water partition coefficient (Wildman–Crippen LogP) is 3.65. The summed E-state index contributed by atoms with van der Waals surface area (Å²) in [6, 6.07) is 6.81. The Bertz CT molecular complexity index is 806. The molecule has 0 aliphatic heterocycles. The topological polar surface area (TPSA) is 79.0 Å². The molecule has 0 aromatic carbocycles. The number of pyridine rings is 2. The number of hydrogen-bond donors (Lipinski definition) is 0. The first-order chi connectivity index (χ1) is 10.4. The number of nitrogens with zero attached hydrogens (tertiary/aromatic N) is 4. The van der Waals surface area contributed by atoms with Gasteiger partial charge in [-0.25, -0.2) is 14.2 Å². The monoisotopic (exact) mass is 354 g/mol. The molecular weight excluding hydrogens is 343 g/mol. The van der Waals surface area contributed by atoms with Crippen LogP contribution in [0.5, 0.6) is 0 Å². The summed E-state index contributed by atoms with van der Waals surface area (Å²) in [7, 11) is -2.78. The molecule has 2 heterocycles. The summed E-state index contributed by atoms with van der Waals surface area (Å²) in [5, 5.41) is 9.01. The van der Waals surface area contributed by atoms with Crippen molar-refractivity contribution in [1.82, 2.24) is 9.97 Å². The lowest BCUT2D eigenvalue weighted by Crippen LogP contribution is -2.14. The zero-order chi connectivity index (χ0) is 16.2. The van der Waals surface area contributed by atoms with Crippen LogP contribution in [-0.4, -0.2) is 20.4 Å². The molecule has 0 spiro atoms. The third-order valence-corrected chi connectivity index (χ3v) is 5.47. The number of hydrogen-bond acceptors (Lipinski definition) is 5. The van der Waals surface area contributed by atoms with E-state index in [0.717, 1.165) is 5.56 Å². The lowest BCUT2D eigenvalue weighted by atomic mass is 10.1. The van der Waals surface area contributed by atoms with Crippen LogP contribution in [0.4, 0.5) is 0 Å². The van der Waals surface area contributed by atoms with Crippen LogP contribution in [0.3, 0.4) is 0 Å². The summed E-state index contributed by atoms with van der Waals surface area (Å²) in [5.74, 6) is 0. The van der Waals surface area contributed by atoms with Crippen LogP contribution in [-0.2, 0) is 16.1 Å². The molecular formula is C14H12Cl2N4OS. The second-order valence-electron chi connectivity index (χ2n) is 4.65. The molecule has 0 aliphatic rings. The molecule has 8 heteroatoms. The number of halogens is 2. The highest BCUT2D eigenvalue weighted by Crippen LogP contribution is 2.28. The average Bonchev–Trinajstić information content (AvgIpc) is 2.47. The standard InChI is InChI=1S/C14H12Cl2N4OS/c1-22(21,20-9-17)12(11-3-5-14(16)19-8-11)6-10-2-4-13(15)18-7-10/h2-5,7-8,12H,6H2,1H3. The van der Waals surface area contributed by atoms with Crippen molar-refractivity contribution in [2.75, 3.05) is 6.26 Å². The van der Waals surface area contributed by atoms with Gasteiger partial charge in [0, 0.05) is 18.6 Å². The Labute approximate surface area is 139 Å². The fourth-order valence-electron chi connectivity index (χ4n) is 1.99. The maximum atomic E-state index is 12.7. The van der Waals surface area contributed by atoms with Gasteiger partial charge in [0.25, 0.3) is 0 Å². The molecule has 114 valence electrons. The molecule has 5 nitrogen and oxygen atoms in total. The molecule has 0 amide bonds. The van der Waals surface area contributed by atoms with Gasteiger partial charge >= 0.3 is 0 Å². The summed E-state index contributed by atoms with van der Waals surface area (Å²) < 4.78 is 16.3. The molecule has 0 saturated carbocycles. The van der Waals surface area contributed by atoms with E-state index in [1.54, 1.807) is 42.9 Å². The predicted molar refractivity (Wildman–Crippen MR) is 87.0 cm³/mol. The Morgan fingerprint density at radius 3 is 2.36 bits per heavy atom. The van der Waals surface area contributed by atoms with Gasteiger partial charge in [-0.3, -0.25) is 0 Å². The van der Waals surface area contributed by atoms with E-state index in [-0.39, 0.29) is 0 Å². The minimum Gasteiger partial charge on any atom is -0.248 e. The SMILES string of the molecule is CS(=O)(=NC#N)C(Cc1ccc(Cl)nc1)c1ccc(Cl)nc1. The van der Waals surface area contributed by atoms with Crippen molar-refractivity contribution in [3.05, 3.63) is 58.1 Å². The van der Waals surface area contributed by atoms with Crippen molar-refractivity contribution in [3.63, 3.8) is 0 Å². The molecule has 2 aromatic rings. The zero-order valence-corrected chi connectivity index (χ0v) is 13.9. The molecule has 0 fully saturated rings. The van der Waals surface area contributed by atoms with E-state index >= 15 is 0 Å². The van der Waals surface area contributed by atoms with Crippen LogP contribution in [0.2, 0.25) is 10.3 Å². The van der Waals surface area contributed by atoms with Crippen LogP contribution in [0.25, 0.3) is 0 Å². The lowest BCUT2D eigenvalue weighted by Gasteiger charge is -2.18. The van der Waals surface area contributed by atoms with Crippen molar-refractivity contribution in [2.45, 2.75) is 11.7 Å². The molecule has 0 saturated heterocycles. The molecule has 0 radical (unpaired) electrons. The summed E-state index contributed by atoms with van der Waals surface area (Å²) in [4.78, 5) is 8.02. The van der Waals surface area contributed by atoms with Gasteiger partial charge < -0.3 is 0 Å². The highest BCUT2D eigenvalue weighted by Gasteiger charge is 2.23. The Morgan fingerprint density at radius 1 is 1.23 bits per heavy atom. The summed E-state index contributed by atoms with van der Waals surface area (Å²) >= 11 is 11.6. The van der Waals surface area contributed by atoms with Crippen molar-refractivity contribution < 1.29 is 4.21 Å². The highest BCUT2D eigenvalue weighted by atomic mass is 35.5. The van der Waals surface area contributed by atoms with E-state index in [9.17, 15) is 4.21 Å². The Kier molecular flexibility index (Phi) is 5.35. The van der Waals surface area contributed by atoms with Gasteiger partial charge in [0.1, 0.15) is 10.3 Å². The van der Waals surface area contributed by atoms with Gasteiger partial charge in [-0.15, -0.1) is 4.36 Å². The van der Waals surface area contributed by atoms with Crippen molar-refractivity contribution in [1.29, 1.82) is 5.26 Å². The minimum absolute atomic E-state index is 0.343. The van der Waals surface area contributed by atoms with E-state index in [1.807, 2.05) is 0 Å². The Balaban J connectivity index is 2.44. The Hall–Kier alpha value is -1.68. The van der Waals surface area contributed by atoms with Gasteiger partial charge in [-0.2, -0.15) is 5.26 Å². The Morgan fingerprint density at radius 2 is 1.86 bits per heavy atom. The molecule has 0 N–H and O–H groups in total. The van der Waals surface area contributed by atoms with E-state index in [4.69, 9.17) is 28.5 Å². The highest BCUT2D eigenvalue weighted by molar-refractivity contribution is 7.93. The largest absolute Gasteiger partial charge is 0.248 e. The van der Waals surface area contributed by atoms with Crippen LogP contribution in [0.1, 0.15) is 16.4 Å². The van der Waals surface area contributed by atoms with E-state index in [0.29, 0.717) is 22.3 Å². The van der Waals surface area contributed by atoms with Crippen LogP contribution in [0.15, 0.2) is 41.0 Å². The lowest BCUT2D eigenvalue weighted by molar-refractivity contribution is 0.667. The second kappa shape index (κ2) is 7.05. The van der Waals surface area contributed by atoms with Crippen molar-refractivity contribution in [2.24, 2.45) is 4.36 Å². The molecule has 2 atom stereocenters. The minimum atomic E-state index is -2.78. The molecule has 0 aliphatic carbocycles. The number of rotatable bonds is 4. The third-order valence-electron chi connectivity index (χ3n) is 3.08. The quantitative estimate of drug-likeness (QED) is 0.619. The average molecular weight is 355 g/mol. The first kappa shape index (κ1) is 16.7. The maximum absolute atomic E-state index is 12.7. The third kappa shape index (κ3) is 4.17. The normalized spacial score (nSPS) is 14.6. The van der Waals surface area contributed by atoms with Gasteiger partial charge in [-0.1, -0.05) is 35.3 Å². The molecule has 22 heavy (non-hydrogen) atoms. The van der Waals surface area contributed by atoms with Gasteiger partial charge in [0.15, 0.2) is 0 Å². The molecule has 2 rings (SSSR count). The van der Waals surface area contributed by atoms with Crippen molar-refractivity contribution >= 4 is 32.9 Å². The summed E-state index contributed by atoms with van der Waals surface area (Å²) in [5.41, 5.74) is 1.54. The summed E-state index contributed by atoms with van der Waals surface area (Å²) in [6.45, 7) is 0. The van der Waals surface area contributed by atoms with Gasteiger partial charge in [-0.05, 0) is 29.7 Å². The maximum Gasteiger partial charge on any atom is 0.214 e. The molecule has 2 aromatic heterocycles.